The maximum atomic E-state index is 13.3. The molecule has 1 spiro atoms. The number of imide groups is 1. The first-order chi connectivity index (χ1) is 13.5. The van der Waals surface area contributed by atoms with Gasteiger partial charge in [-0.3, -0.25) is 24.6 Å². The Labute approximate surface area is 168 Å². The van der Waals surface area contributed by atoms with Crippen molar-refractivity contribution in [3.63, 3.8) is 0 Å². The van der Waals surface area contributed by atoms with Crippen molar-refractivity contribution < 1.29 is 19.1 Å². The summed E-state index contributed by atoms with van der Waals surface area (Å²) in [6, 6.07) is 5.49. The van der Waals surface area contributed by atoms with Crippen molar-refractivity contribution in [1.82, 2.24) is 10.2 Å². The molecule has 4 unspecified atom stereocenters. The highest BCUT2D eigenvalue weighted by atomic mass is 32.2. The van der Waals surface area contributed by atoms with Crippen LogP contribution in [0.5, 0.6) is 0 Å². The molecule has 4 atom stereocenters. The van der Waals surface area contributed by atoms with Crippen molar-refractivity contribution in [3.05, 3.63) is 29.3 Å². The number of benzene rings is 1. The van der Waals surface area contributed by atoms with Gasteiger partial charge in [0.05, 0.1) is 25.0 Å². The number of nitrogens with one attached hydrogen (secondary N) is 2. The van der Waals surface area contributed by atoms with E-state index in [2.05, 4.69) is 10.6 Å². The first-order valence-corrected chi connectivity index (χ1v) is 10.9. The average molecular weight is 404 g/mol. The molecule has 0 aliphatic carbocycles. The number of carbonyl (C=O) groups excluding carboxylic acids is 3. The lowest BCUT2D eigenvalue weighted by Crippen LogP contribution is -2.53. The molecule has 2 N–H and O–H groups in total. The fourth-order valence-corrected chi connectivity index (χ4v) is 5.42. The number of anilines is 1. The number of carbonyl (C=O) groups is 3. The molecule has 1 aromatic rings. The molecular weight excluding hydrogens is 378 g/mol. The van der Waals surface area contributed by atoms with Crippen molar-refractivity contribution in [1.29, 1.82) is 0 Å². The van der Waals surface area contributed by atoms with Gasteiger partial charge in [0.25, 0.3) is 0 Å². The third-order valence-electron chi connectivity index (χ3n) is 6.20. The van der Waals surface area contributed by atoms with Crippen molar-refractivity contribution in [3.8, 4) is 0 Å². The molecule has 3 heterocycles. The minimum Gasteiger partial charge on any atom is -0.383 e. The summed E-state index contributed by atoms with van der Waals surface area (Å²) < 4.78 is 5.08. The van der Waals surface area contributed by atoms with Crippen LogP contribution in [0.3, 0.4) is 0 Å². The van der Waals surface area contributed by atoms with Crippen LogP contribution in [0, 0.1) is 18.8 Å². The fourth-order valence-electron chi connectivity index (χ4n) is 4.93. The fraction of sp³-hybridized carbons (Fsp3) is 0.550. The maximum absolute atomic E-state index is 13.3. The summed E-state index contributed by atoms with van der Waals surface area (Å²) in [7, 11) is 1.54. The van der Waals surface area contributed by atoms with E-state index in [0.717, 1.165) is 29.0 Å². The lowest BCUT2D eigenvalue weighted by Gasteiger charge is -2.29. The van der Waals surface area contributed by atoms with Gasteiger partial charge in [0.2, 0.25) is 17.7 Å². The summed E-state index contributed by atoms with van der Waals surface area (Å²) >= 11 is 1.69. The van der Waals surface area contributed by atoms with E-state index >= 15 is 0 Å². The predicted molar refractivity (Wildman–Crippen MR) is 107 cm³/mol. The summed E-state index contributed by atoms with van der Waals surface area (Å²) in [4.78, 5) is 41.1. The number of ether oxygens (including phenoxy) is 1. The number of methoxy groups -OCH3 is 1. The zero-order valence-corrected chi connectivity index (χ0v) is 17.1. The molecule has 7 nitrogen and oxygen atoms in total. The molecule has 1 aromatic carbocycles. The number of rotatable bonds is 6. The van der Waals surface area contributed by atoms with Gasteiger partial charge in [-0.2, -0.15) is 11.8 Å². The van der Waals surface area contributed by atoms with E-state index in [4.69, 9.17) is 4.74 Å². The number of hydrogen-bond donors (Lipinski definition) is 2. The highest BCUT2D eigenvalue weighted by Gasteiger charge is 2.70. The van der Waals surface area contributed by atoms with Crippen LogP contribution in [-0.2, 0) is 24.7 Å². The third-order valence-corrected chi connectivity index (χ3v) is 6.85. The van der Waals surface area contributed by atoms with E-state index in [1.807, 2.05) is 31.4 Å². The van der Waals surface area contributed by atoms with Crippen LogP contribution in [0.25, 0.3) is 0 Å². The number of aryl methyl sites for hydroxylation is 1. The van der Waals surface area contributed by atoms with Crippen LogP contribution < -0.4 is 10.6 Å². The molecule has 0 saturated carbocycles. The Morgan fingerprint density at radius 1 is 1.25 bits per heavy atom. The Hall–Kier alpha value is -1.90. The SMILES string of the molecule is COCCN1C(=O)C2C(CCSC)NC3(C(=O)Nc4c(C)cccc43)C2C1=O. The van der Waals surface area contributed by atoms with Crippen LogP contribution in [0.15, 0.2) is 18.2 Å². The van der Waals surface area contributed by atoms with Gasteiger partial charge in [0.15, 0.2) is 0 Å². The number of para-hydroxylation sites is 1. The third kappa shape index (κ3) is 2.54. The van der Waals surface area contributed by atoms with Gasteiger partial charge in [0, 0.05) is 24.4 Å². The van der Waals surface area contributed by atoms with E-state index in [0.29, 0.717) is 0 Å². The molecule has 0 bridgehead atoms. The van der Waals surface area contributed by atoms with Gasteiger partial charge >= 0.3 is 0 Å². The molecule has 0 aromatic heterocycles. The molecule has 2 saturated heterocycles. The van der Waals surface area contributed by atoms with E-state index < -0.39 is 17.4 Å². The van der Waals surface area contributed by atoms with Gasteiger partial charge < -0.3 is 10.1 Å². The van der Waals surface area contributed by atoms with Crippen LogP contribution in [0.4, 0.5) is 5.69 Å². The largest absolute Gasteiger partial charge is 0.383 e. The van der Waals surface area contributed by atoms with Crippen molar-refractivity contribution in [2.45, 2.75) is 24.9 Å². The monoisotopic (exact) mass is 403 g/mol. The lowest BCUT2D eigenvalue weighted by atomic mass is 9.76. The van der Waals surface area contributed by atoms with Crippen LogP contribution >= 0.6 is 11.8 Å². The smallest absolute Gasteiger partial charge is 0.250 e. The molecule has 3 amide bonds. The number of amides is 3. The number of thioether (sulfide) groups is 1. The molecule has 4 rings (SSSR count). The van der Waals surface area contributed by atoms with Crippen molar-refractivity contribution >= 4 is 35.2 Å². The highest BCUT2D eigenvalue weighted by molar-refractivity contribution is 7.98. The minimum atomic E-state index is -1.19. The Kier molecular flexibility index (Phi) is 4.97. The average Bonchev–Trinajstić information content (AvgIpc) is 3.25. The lowest BCUT2D eigenvalue weighted by molar-refractivity contribution is -0.143. The molecule has 2 fully saturated rings. The van der Waals surface area contributed by atoms with E-state index in [1.54, 1.807) is 18.9 Å². The van der Waals surface area contributed by atoms with Crippen LogP contribution in [-0.4, -0.2) is 60.9 Å². The zero-order chi connectivity index (χ0) is 20.1. The number of nitrogens with zero attached hydrogens (tertiary/aromatic N) is 1. The quantitative estimate of drug-likeness (QED) is 0.692. The predicted octanol–water partition coefficient (Wildman–Crippen LogP) is 1.11. The highest BCUT2D eigenvalue weighted by Crippen LogP contribution is 2.53. The molecule has 0 radical (unpaired) electrons. The minimum absolute atomic E-state index is 0.198. The molecule has 28 heavy (non-hydrogen) atoms. The Morgan fingerprint density at radius 2 is 2.04 bits per heavy atom. The van der Waals surface area contributed by atoms with Crippen LogP contribution in [0.2, 0.25) is 0 Å². The summed E-state index contributed by atoms with van der Waals surface area (Å²) in [5, 5.41) is 6.42. The number of likely N-dealkylation sites (tertiary alicyclic amines) is 1. The summed E-state index contributed by atoms with van der Waals surface area (Å²) in [5.74, 6) is -1.14. The van der Waals surface area contributed by atoms with E-state index in [1.165, 1.54) is 4.90 Å². The second-order valence-corrected chi connectivity index (χ2v) is 8.60. The maximum Gasteiger partial charge on any atom is 0.250 e. The standard InChI is InChI=1S/C20H25N3O4S/c1-11-5-4-6-12-16(11)21-19(26)20(12)15-14(13(22-20)7-10-28-3)17(24)23(18(15)25)8-9-27-2/h4-6,13-15,22H,7-10H2,1-3H3,(H,21,26). The zero-order valence-electron chi connectivity index (χ0n) is 16.3. The van der Waals surface area contributed by atoms with Crippen LogP contribution in [0.1, 0.15) is 17.5 Å². The summed E-state index contributed by atoms with van der Waals surface area (Å²) in [6.45, 7) is 2.44. The Balaban J connectivity index is 1.82. The van der Waals surface area contributed by atoms with Gasteiger partial charge in [0.1, 0.15) is 5.54 Å². The summed E-state index contributed by atoms with van der Waals surface area (Å²) in [6.07, 6.45) is 2.73. The van der Waals surface area contributed by atoms with Crippen molar-refractivity contribution in [2.75, 3.05) is 37.6 Å². The molecule has 3 aliphatic heterocycles. The first-order valence-electron chi connectivity index (χ1n) is 9.49. The van der Waals surface area contributed by atoms with Gasteiger partial charge in [-0.1, -0.05) is 18.2 Å². The summed E-state index contributed by atoms with van der Waals surface area (Å²) in [5.41, 5.74) is 1.28. The molecule has 3 aliphatic rings. The normalized spacial score (nSPS) is 30.9. The molecular formula is C20H25N3O4S. The van der Waals surface area contributed by atoms with E-state index in [9.17, 15) is 14.4 Å². The Bertz CT molecular complexity index is 845. The van der Waals surface area contributed by atoms with E-state index in [-0.39, 0.29) is 36.9 Å². The molecule has 8 heteroatoms. The number of fused-ring (bicyclic) bond motifs is 4. The first kappa shape index (κ1) is 19.4. The molecule has 150 valence electrons. The topological polar surface area (TPSA) is 87.7 Å². The van der Waals surface area contributed by atoms with Crippen molar-refractivity contribution in [2.24, 2.45) is 11.8 Å². The van der Waals surface area contributed by atoms with Gasteiger partial charge in [-0.25, -0.2) is 0 Å². The Morgan fingerprint density at radius 3 is 2.75 bits per heavy atom. The van der Waals surface area contributed by atoms with Gasteiger partial charge in [-0.15, -0.1) is 0 Å². The van der Waals surface area contributed by atoms with Gasteiger partial charge in [-0.05, 0) is 30.9 Å². The second-order valence-electron chi connectivity index (χ2n) is 7.62. The number of hydrogen-bond acceptors (Lipinski definition) is 6. The second kappa shape index (κ2) is 7.17.